The minimum atomic E-state index is 0.457. The number of piperidine rings is 1. The first kappa shape index (κ1) is 10.1. The first-order chi connectivity index (χ1) is 6.29. The van der Waals surface area contributed by atoms with Crippen LogP contribution >= 0.6 is 0 Å². The van der Waals surface area contributed by atoms with Crippen molar-refractivity contribution in [3.8, 4) is 0 Å². The van der Waals surface area contributed by atoms with Crippen LogP contribution in [-0.2, 0) is 0 Å². The number of allylic oxidation sites excluding steroid dienone is 1. The van der Waals surface area contributed by atoms with E-state index in [1.165, 1.54) is 0 Å². The van der Waals surface area contributed by atoms with Gasteiger partial charge in [0.1, 0.15) is 0 Å². The van der Waals surface area contributed by atoms with Gasteiger partial charge in [-0.1, -0.05) is 0 Å². The summed E-state index contributed by atoms with van der Waals surface area (Å²) in [4.78, 5) is 0. The van der Waals surface area contributed by atoms with Gasteiger partial charge in [-0.05, 0) is 32.9 Å². The molecule has 1 rings (SSSR count). The Morgan fingerprint density at radius 1 is 1.62 bits per heavy atom. The van der Waals surface area contributed by atoms with Gasteiger partial charge in [0.15, 0.2) is 0 Å². The Hall–Kier alpha value is -1.03. The van der Waals surface area contributed by atoms with Crippen molar-refractivity contribution >= 4 is 6.72 Å². The molecule has 1 aliphatic heterocycles. The van der Waals surface area contributed by atoms with Crippen LogP contribution in [0.3, 0.4) is 0 Å². The fourth-order valence-corrected chi connectivity index (χ4v) is 1.64. The molecule has 4 nitrogen and oxygen atoms in total. The smallest absolute Gasteiger partial charge is 0.0546 e. The van der Waals surface area contributed by atoms with E-state index >= 15 is 0 Å². The summed E-state index contributed by atoms with van der Waals surface area (Å²) in [5.74, 6) is 0. The fraction of sp³-hybridized carbons (Fsp3) is 0.667. The molecule has 1 saturated heterocycles. The van der Waals surface area contributed by atoms with E-state index in [9.17, 15) is 0 Å². The SMILES string of the molecule is C=NN(/C(C)=C\N)C1CCNCC1. The van der Waals surface area contributed by atoms with Gasteiger partial charge < -0.3 is 11.1 Å². The highest BCUT2D eigenvalue weighted by Gasteiger charge is 2.19. The van der Waals surface area contributed by atoms with Gasteiger partial charge in [0, 0.05) is 18.6 Å². The average Bonchev–Trinajstić information content (AvgIpc) is 2.20. The second-order valence-electron chi connectivity index (χ2n) is 3.28. The summed E-state index contributed by atoms with van der Waals surface area (Å²) < 4.78 is 0. The van der Waals surface area contributed by atoms with E-state index < -0.39 is 0 Å². The molecule has 1 aliphatic rings. The Morgan fingerprint density at radius 3 is 2.69 bits per heavy atom. The molecule has 0 unspecified atom stereocenters. The molecule has 0 aliphatic carbocycles. The molecular formula is C9H18N4. The standard InChI is InChI=1S/C9H18N4/c1-8(7-10)13(11-2)9-3-5-12-6-4-9/h7,9,12H,2-6,10H2,1H3/b8-7-. The minimum Gasteiger partial charge on any atom is -0.403 e. The predicted molar refractivity (Wildman–Crippen MR) is 55.2 cm³/mol. The van der Waals surface area contributed by atoms with Gasteiger partial charge in [0.05, 0.1) is 6.04 Å². The van der Waals surface area contributed by atoms with Gasteiger partial charge in [0.25, 0.3) is 0 Å². The summed E-state index contributed by atoms with van der Waals surface area (Å²) >= 11 is 0. The topological polar surface area (TPSA) is 53.6 Å². The van der Waals surface area contributed by atoms with Gasteiger partial charge in [-0.15, -0.1) is 0 Å². The van der Waals surface area contributed by atoms with Crippen molar-refractivity contribution in [3.05, 3.63) is 11.9 Å². The van der Waals surface area contributed by atoms with E-state index in [1.54, 1.807) is 6.20 Å². The van der Waals surface area contributed by atoms with Crippen molar-refractivity contribution in [2.24, 2.45) is 10.8 Å². The minimum absolute atomic E-state index is 0.457. The molecule has 0 aromatic carbocycles. The van der Waals surface area contributed by atoms with Gasteiger partial charge in [0.2, 0.25) is 0 Å². The summed E-state index contributed by atoms with van der Waals surface area (Å²) in [5.41, 5.74) is 6.42. The van der Waals surface area contributed by atoms with Crippen LogP contribution in [0.2, 0.25) is 0 Å². The Bertz CT molecular complexity index is 194. The number of hydrogen-bond donors (Lipinski definition) is 2. The number of nitrogens with zero attached hydrogens (tertiary/aromatic N) is 2. The lowest BCUT2D eigenvalue weighted by Crippen LogP contribution is -2.39. The molecule has 0 spiro atoms. The maximum Gasteiger partial charge on any atom is 0.0546 e. The molecule has 0 amide bonds. The third-order valence-corrected chi connectivity index (χ3v) is 2.41. The van der Waals surface area contributed by atoms with E-state index in [4.69, 9.17) is 5.73 Å². The zero-order valence-electron chi connectivity index (χ0n) is 8.16. The van der Waals surface area contributed by atoms with Crippen molar-refractivity contribution in [1.82, 2.24) is 10.3 Å². The molecule has 0 radical (unpaired) electrons. The molecule has 0 saturated carbocycles. The van der Waals surface area contributed by atoms with E-state index in [0.717, 1.165) is 31.6 Å². The maximum atomic E-state index is 5.45. The highest BCUT2D eigenvalue weighted by molar-refractivity contribution is 5.23. The van der Waals surface area contributed by atoms with Crippen molar-refractivity contribution in [2.45, 2.75) is 25.8 Å². The molecule has 4 heteroatoms. The van der Waals surface area contributed by atoms with Crippen molar-refractivity contribution in [2.75, 3.05) is 13.1 Å². The molecule has 0 atom stereocenters. The zero-order valence-corrected chi connectivity index (χ0v) is 8.16. The second kappa shape index (κ2) is 4.87. The van der Waals surface area contributed by atoms with Crippen molar-refractivity contribution in [3.63, 3.8) is 0 Å². The Morgan fingerprint density at radius 2 is 2.23 bits per heavy atom. The lowest BCUT2D eigenvalue weighted by molar-refractivity contribution is 0.216. The number of hydrogen-bond acceptors (Lipinski definition) is 4. The summed E-state index contributed by atoms with van der Waals surface area (Å²) in [6.07, 6.45) is 3.78. The summed E-state index contributed by atoms with van der Waals surface area (Å²) in [6.45, 7) is 7.62. The molecule has 3 N–H and O–H groups in total. The number of hydrazone groups is 1. The fourth-order valence-electron chi connectivity index (χ4n) is 1.64. The van der Waals surface area contributed by atoms with Gasteiger partial charge in [-0.3, -0.25) is 5.01 Å². The van der Waals surface area contributed by atoms with E-state index in [0.29, 0.717) is 6.04 Å². The largest absolute Gasteiger partial charge is 0.403 e. The highest BCUT2D eigenvalue weighted by Crippen LogP contribution is 2.16. The van der Waals surface area contributed by atoms with Crippen LogP contribution < -0.4 is 11.1 Å². The van der Waals surface area contributed by atoms with Crippen molar-refractivity contribution in [1.29, 1.82) is 0 Å². The molecular weight excluding hydrogens is 164 g/mol. The number of nitrogens with one attached hydrogen (secondary N) is 1. The van der Waals surface area contributed by atoms with Gasteiger partial charge in [-0.2, -0.15) is 5.10 Å². The van der Waals surface area contributed by atoms with Crippen LogP contribution in [0.4, 0.5) is 0 Å². The van der Waals surface area contributed by atoms with E-state index in [-0.39, 0.29) is 0 Å². The average molecular weight is 182 g/mol. The normalized spacial score (nSPS) is 19.9. The van der Waals surface area contributed by atoms with Gasteiger partial charge >= 0.3 is 0 Å². The maximum absolute atomic E-state index is 5.45. The Kier molecular flexibility index (Phi) is 3.76. The van der Waals surface area contributed by atoms with Crippen LogP contribution in [-0.4, -0.2) is 30.9 Å². The lowest BCUT2D eigenvalue weighted by Gasteiger charge is -2.32. The van der Waals surface area contributed by atoms with E-state index in [2.05, 4.69) is 17.1 Å². The van der Waals surface area contributed by atoms with Crippen LogP contribution in [0.25, 0.3) is 0 Å². The number of rotatable bonds is 3. The number of nitrogens with two attached hydrogens (primary N) is 1. The molecule has 0 aromatic heterocycles. The molecule has 0 bridgehead atoms. The third-order valence-electron chi connectivity index (χ3n) is 2.41. The monoisotopic (exact) mass is 182 g/mol. The first-order valence-electron chi connectivity index (χ1n) is 4.64. The highest BCUT2D eigenvalue weighted by atomic mass is 15.5. The van der Waals surface area contributed by atoms with Crippen LogP contribution in [0.15, 0.2) is 17.0 Å². The Labute approximate surface area is 79.5 Å². The molecule has 13 heavy (non-hydrogen) atoms. The van der Waals surface area contributed by atoms with Crippen LogP contribution in [0.5, 0.6) is 0 Å². The van der Waals surface area contributed by atoms with Crippen molar-refractivity contribution < 1.29 is 0 Å². The predicted octanol–water partition coefficient (Wildman–Crippen LogP) is 0.476. The third kappa shape index (κ3) is 2.45. The molecule has 74 valence electrons. The van der Waals surface area contributed by atoms with Crippen LogP contribution in [0, 0.1) is 0 Å². The quantitative estimate of drug-likeness (QED) is 0.493. The Balaban J connectivity index is 2.59. The second-order valence-corrected chi connectivity index (χ2v) is 3.28. The summed E-state index contributed by atoms with van der Waals surface area (Å²) in [5, 5.41) is 9.22. The summed E-state index contributed by atoms with van der Waals surface area (Å²) in [7, 11) is 0. The molecule has 0 aromatic rings. The molecule has 1 heterocycles. The molecule has 1 fully saturated rings. The van der Waals surface area contributed by atoms with Crippen LogP contribution in [0.1, 0.15) is 19.8 Å². The van der Waals surface area contributed by atoms with E-state index in [1.807, 2.05) is 11.9 Å². The first-order valence-corrected chi connectivity index (χ1v) is 4.64. The summed E-state index contributed by atoms with van der Waals surface area (Å²) in [6, 6.07) is 0.457. The lowest BCUT2D eigenvalue weighted by atomic mass is 10.1. The zero-order chi connectivity index (χ0) is 9.68. The van der Waals surface area contributed by atoms with Gasteiger partial charge in [-0.25, -0.2) is 0 Å².